The van der Waals surface area contributed by atoms with E-state index in [2.05, 4.69) is 56.1 Å². The Morgan fingerprint density at radius 1 is 1.21 bits per heavy atom. The van der Waals surface area contributed by atoms with Gasteiger partial charge in [-0.05, 0) is 56.0 Å². The average molecular weight is 370 g/mol. The van der Waals surface area contributed by atoms with Crippen molar-refractivity contribution in [3.05, 3.63) is 99.0 Å². The maximum absolute atomic E-state index is 11.9. The number of allylic oxidation sites excluding steroid dienone is 4. The molecule has 1 heterocycles. The predicted molar refractivity (Wildman–Crippen MR) is 117 cm³/mol. The molecule has 3 nitrogen and oxygen atoms in total. The summed E-state index contributed by atoms with van der Waals surface area (Å²) < 4.78 is 0. The van der Waals surface area contributed by atoms with Gasteiger partial charge in [0.15, 0.2) is 0 Å². The van der Waals surface area contributed by atoms with Crippen molar-refractivity contribution in [1.82, 2.24) is 4.98 Å². The highest BCUT2D eigenvalue weighted by Crippen LogP contribution is 2.51. The molecule has 3 heteroatoms. The fourth-order valence-corrected chi connectivity index (χ4v) is 4.73. The second-order valence-corrected chi connectivity index (χ2v) is 7.81. The van der Waals surface area contributed by atoms with Crippen molar-refractivity contribution >= 4 is 11.8 Å². The molecule has 0 radical (unpaired) electrons. The zero-order valence-corrected chi connectivity index (χ0v) is 16.7. The molecule has 0 amide bonds. The summed E-state index contributed by atoms with van der Waals surface area (Å²) in [6.45, 7) is 6.39. The van der Waals surface area contributed by atoms with Crippen LogP contribution in [-0.2, 0) is 12.0 Å². The molecule has 1 N–H and O–H groups in total. The van der Waals surface area contributed by atoms with Gasteiger partial charge >= 0.3 is 0 Å². The first-order valence-corrected chi connectivity index (χ1v) is 9.87. The van der Waals surface area contributed by atoms with Gasteiger partial charge in [0, 0.05) is 35.9 Å². The number of hydrogen-bond acceptors (Lipinski definition) is 2. The van der Waals surface area contributed by atoms with E-state index < -0.39 is 5.54 Å². The normalized spacial score (nSPS) is 25.7. The third kappa shape index (κ3) is 3.11. The molecule has 2 aliphatic rings. The van der Waals surface area contributed by atoms with Crippen molar-refractivity contribution in [2.45, 2.75) is 39.2 Å². The highest BCUT2D eigenvalue weighted by Gasteiger charge is 2.46. The topological polar surface area (TPSA) is 45.2 Å². The van der Waals surface area contributed by atoms with Crippen LogP contribution in [0.3, 0.4) is 0 Å². The fraction of sp³-hybridized carbons (Fsp3) is 0.280. The summed E-state index contributed by atoms with van der Waals surface area (Å²) in [4.78, 5) is 20.1. The molecule has 2 aromatic rings. The van der Waals surface area contributed by atoms with Crippen LogP contribution in [0.1, 0.15) is 44.0 Å². The Bertz CT molecular complexity index is 1070. The van der Waals surface area contributed by atoms with E-state index in [0.29, 0.717) is 5.92 Å². The van der Waals surface area contributed by atoms with E-state index in [9.17, 15) is 4.79 Å². The summed E-state index contributed by atoms with van der Waals surface area (Å²) in [7, 11) is 0. The van der Waals surface area contributed by atoms with Crippen molar-refractivity contribution in [3.8, 4) is 0 Å². The van der Waals surface area contributed by atoms with Gasteiger partial charge in [-0.2, -0.15) is 0 Å². The smallest absolute Gasteiger partial charge is 0.248 e. The van der Waals surface area contributed by atoms with Gasteiger partial charge in [-0.1, -0.05) is 48.1 Å². The third-order valence-electron chi connectivity index (χ3n) is 5.93. The number of aromatic amines is 1. The van der Waals surface area contributed by atoms with E-state index in [4.69, 9.17) is 4.99 Å². The fourth-order valence-electron chi connectivity index (χ4n) is 4.73. The average Bonchev–Trinajstić information content (AvgIpc) is 2.67. The van der Waals surface area contributed by atoms with E-state index in [1.165, 1.54) is 22.3 Å². The summed E-state index contributed by atoms with van der Waals surface area (Å²) in [6.07, 6.45) is 10.3. The molecule has 1 aromatic carbocycles. The largest absolute Gasteiger partial charge is 0.326 e. The van der Waals surface area contributed by atoms with E-state index in [1.54, 1.807) is 6.07 Å². The number of benzene rings is 1. The lowest BCUT2D eigenvalue weighted by atomic mass is 9.63. The van der Waals surface area contributed by atoms with E-state index in [0.717, 1.165) is 24.1 Å². The number of aromatic nitrogens is 1. The van der Waals surface area contributed by atoms with Gasteiger partial charge in [-0.3, -0.25) is 9.79 Å². The number of H-pyrrole nitrogens is 1. The minimum Gasteiger partial charge on any atom is -0.326 e. The monoisotopic (exact) mass is 370 g/mol. The van der Waals surface area contributed by atoms with Crippen LogP contribution in [0.25, 0.3) is 5.57 Å². The molecule has 0 saturated carbocycles. The number of hydrogen-bond donors (Lipinski definition) is 1. The maximum Gasteiger partial charge on any atom is 0.248 e. The molecule has 2 unspecified atom stereocenters. The first-order valence-electron chi connectivity index (χ1n) is 9.87. The van der Waals surface area contributed by atoms with Crippen LogP contribution in [0.15, 0.2) is 81.6 Å². The van der Waals surface area contributed by atoms with Crippen LogP contribution in [0.2, 0.25) is 0 Å². The number of aliphatic imine (C=N–C) groups is 1. The highest BCUT2D eigenvalue weighted by molar-refractivity contribution is 5.84. The predicted octanol–water partition coefficient (Wildman–Crippen LogP) is 5.21. The molecule has 0 saturated heterocycles. The maximum atomic E-state index is 11.9. The van der Waals surface area contributed by atoms with Gasteiger partial charge in [-0.15, -0.1) is 0 Å². The number of pyridine rings is 1. The molecule has 0 fully saturated rings. The van der Waals surface area contributed by atoms with Crippen LogP contribution in [0.4, 0.5) is 0 Å². The van der Waals surface area contributed by atoms with E-state index in [-0.39, 0.29) is 5.56 Å². The van der Waals surface area contributed by atoms with Gasteiger partial charge in [0.2, 0.25) is 5.56 Å². The SMILES string of the molecule is C/C=C1\C2C=C(C)CC1(N=C/C=C(\C)c1ccccc1)c1ccc(=O)[nH]c1C2. The molecule has 0 aliphatic heterocycles. The van der Waals surface area contributed by atoms with Crippen molar-refractivity contribution in [2.75, 3.05) is 0 Å². The Morgan fingerprint density at radius 3 is 2.75 bits per heavy atom. The minimum absolute atomic E-state index is 0.0413. The van der Waals surface area contributed by atoms with Crippen molar-refractivity contribution in [1.29, 1.82) is 0 Å². The lowest BCUT2D eigenvalue weighted by Crippen LogP contribution is -2.40. The highest BCUT2D eigenvalue weighted by atomic mass is 16.1. The van der Waals surface area contributed by atoms with E-state index in [1.807, 2.05) is 30.5 Å². The Kier molecular flexibility index (Phi) is 4.76. The summed E-state index contributed by atoms with van der Waals surface area (Å²) >= 11 is 0. The molecule has 2 atom stereocenters. The molecular formula is C25H26N2O. The lowest BCUT2D eigenvalue weighted by Gasteiger charge is -2.45. The van der Waals surface area contributed by atoms with Gasteiger partial charge in [0.1, 0.15) is 5.54 Å². The minimum atomic E-state index is -0.427. The molecule has 28 heavy (non-hydrogen) atoms. The number of rotatable bonds is 3. The molecule has 2 aliphatic carbocycles. The Hall–Kier alpha value is -2.94. The second kappa shape index (κ2) is 7.23. The molecule has 0 spiro atoms. The van der Waals surface area contributed by atoms with Gasteiger partial charge in [0.05, 0.1) is 0 Å². The van der Waals surface area contributed by atoms with Crippen LogP contribution >= 0.6 is 0 Å². The summed E-state index contributed by atoms with van der Waals surface area (Å²) in [6, 6.07) is 13.9. The molecule has 2 bridgehead atoms. The Balaban J connectivity index is 1.82. The standard InChI is InChI=1S/C25H26N2O/c1-4-21-20-14-17(2)16-25(21,22-10-11-24(28)27-23(22)15-20)26-13-12-18(3)19-8-6-5-7-9-19/h4-14,20H,15-16H2,1-3H3,(H,27,28)/b18-12+,21-4+,26-13?. The molecule has 1 aromatic heterocycles. The number of nitrogens with one attached hydrogen (secondary N) is 1. The molecule has 4 rings (SSSR count). The first kappa shape index (κ1) is 18.4. The Morgan fingerprint density at radius 2 is 2.00 bits per heavy atom. The summed E-state index contributed by atoms with van der Waals surface area (Å²) in [5.41, 5.74) is 6.75. The quantitative estimate of drug-likeness (QED) is 0.585. The molecule has 142 valence electrons. The van der Waals surface area contributed by atoms with Crippen molar-refractivity contribution in [2.24, 2.45) is 10.9 Å². The Labute approximate surface area is 166 Å². The van der Waals surface area contributed by atoms with Crippen LogP contribution in [0, 0.1) is 5.92 Å². The van der Waals surface area contributed by atoms with Crippen molar-refractivity contribution < 1.29 is 0 Å². The van der Waals surface area contributed by atoms with Gasteiger partial charge < -0.3 is 4.98 Å². The molecular weight excluding hydrogens is 344 g/mol. The first-order chi connectivity index (χ1) is 13.5. The summed E-state index contributed by atoms with van der Waals surface area (Å²) in [5, 5.41) is 0. The number of nitrogens with zero attached hydrogens (tertiary/aromatic N) is 1. The third-order valence-corrected chi connectivity index (χ3v) is 5.93. The second-order valence-electron chi connectivity index (χ2n) is 7.81. The van der Waals surface area contributed by atoms with Crippen LogP contribution < -0.4 is 5.56 Å². The van der Waals surface area contributed by atoms with Crippen LogP contribution in [-0.4, -0.2) is 11.2 Å². The lowest BCUT2D eigenvalue weighted by molar-refractivity contribution is 0.413. The van der Waals surface area contributed by atoms with E-state index >= 15 is 0 Å². The zero-order chi connectivity index (χ0) is 19.7. The zero-order valence-electron chi connectivity index (χ0n) is 16.7. The van der Waals surface area contributed by atoms with Crippen molar-refractivity contribution in [3.63, 3.8) is 0 Å². The van der Waals surface area contributed by atoms with Gasteiger partial charge in [-0.25, -0.2) is 0 Å². The number of fused-ring (bicyclic) bond motifs is 4. The summed E-state index contributed by atoms with van der Waals surface area (Å²) in [5.74, 6) is 0.292. The van der Waals surface area contributed by atoms with Gasteiger partial charge in [0.25, 0.3) is 0 Å². The van der Waals surface area contributed by atoms with Crippen LogP contribution in [0.5, 0.6) is 0 Å².